The molecule has 1 fully saturated rings. The lowest BCUT2D eigenvalue weighted by Crippen LogP contribution is -2.34. The average molecular weight is 201 g/mol. The summed E-state index contributed by atoms with van der Waals surface area (Å²) in [5.41, 5.74) is 7.96. The lowest BCUT2D eigenvalue weighted by Gasteiger charge is -2.16. The third kappa shape index (κ3) is 2.36. The number of halogens is 1. The smallest absolute Gasteiger partial charge is 0.146 e. The first-order valence-corrected chi connectivity index (χ1v) is 3.99. The van der Waals surface area contributed by atoms with E-state index in [4.69, 9.17) is 28.0 Å². The molecule has 14 heavy (non-hydrogen) atoms. The van der Waals surface area contributed by atoms with Gasteiger partial charge in [0.05, 0.1) is 12.6 Å². The van der Waals surface area contributed by atoms with Gasteiger partial charge in [0.25, 0.3) is 0 Å². The molecule has 2 radical (unpaired) electrons. The van der Waals surface area contributed by atoms with Crippen molar-refractivity contribution in [2.45, 2.75) is 24.4 Å². The SMILES string of the molecule is [B][C@@H]1O[C@H](CO)C(OCN=[N+]=[N-])C1F. The van der Waals surface area contributed by atoms with E-state index >= 15 is 0 Å². The van der Waals surface area contributed by atoms with E-state index in [0.29, 0.717) is 0 Å². The predicted molar refractivity (Wildman–Crippen MR) is 45.3 cm³/mol. The van der Waals surface area contributed by atoms with Crippen molar-refractivity contribution in [2.75, 3.05) is 13.3 Å². The zero-order valence-electron chi connectivity index (χ0n) is 7.28. The van der Waals surface area contributed by atoms with E-state index in [9.17, 15) is 4.39 Å². The van der Waals surface area contributed by atoms with Gasteiger partial charge in [0, 0.05) is 4.91 Å². The number of nitrogens with zero attached hydrogens (tertiary/aromatic N) is 3. The van der Waals surface area contributed by atoms with Gasteiger partial charge < -0.3 is 14.6 Å². The highest BCUT2D eigenvalue weighted by molar-refractivity contribution is 6.11. The third-order valence-corrected chi connectivity index (χ3v) is 1.89. The second-order valence-electron chi connectivity index (χ2n) is 2.76. The molecule has 0 aromatic rings. The Kier molecular flexibility index (Phi) is 4.15. The first kappa shape index (κ1) is 11.3. The zero-order valence-corrected chi connectivity index (χ0v) is 7.28. The molecule has 1 N–H and O–H groups in total. The molecule has 1 aliphatic heterocycles. The quantitative estimate of drug-likeness (QED) is 0.297. The predicted octanol–water partition coefficient (Wildman–Crippen LogP) is -0.137. The van der Waals surface area contributed by atoms with E-state index in [0.717, 1.165) is 0 Å². The summed E-state index contributed by atoms with van der Waals surface area (Å²) < 4.78 is 23.0. The van der Waals surface area contributed by atoms with Gasteiger partial charge >= 0.3 is 0 Å². The van der Waals surface area contributed by atoms with Crippen molar-refractivity contribution in [3.05, 3.63) is 10.4 Å². The number of alkyl halides is 1. The Morgan fingerprint density at radius 3 is 3.00 bits per heavy atom. The molecule has 0 aromatic carbocycles. The first-order chi connectivity index (χ1) is 6.70. The minimum atomic E-state index is -1.53. The minimum absolute atomic E-state index is 0.311. The second-order valence-corrected chi connectivity index (χ2v) is 2.76. The molecule has 0 spiro atoms. The Hall–Kier alpha value is -0.815. The summed E-state index contributed by atoms with van der Waals surface area (Å²) in [6.45, 7) is -0.705. The lowest BCUT2D eigenvalue weighted by molar-refractivity contribution is -0.0423. The molecule has 1 aliphatic rings. The van der Waals surface area contributed by atoms with Gasteiger partial charge in [-0.05, 0) is 5.53 Å². The van der Waals surface area contributed by atoms with E-state index in [-0.39, 0.29) is 6.73 Å². The van der Waals surface area contributed by atoms with Crippen LogP contribution in [-0.4, -0.2) is 50.7 Å². The maximum absolute atomic E-state index is 13.2. The van der Waals surface area contributed by atoms with Gasteiger partial charge in [-0.15, -0.1) is 0 Å². The van der Waals surface area contributed by atoms with Gasteiger partial charge in [0.2, 0.25) is 0 Å². The Bertz CT molecular complexity index is 238. The number of rotatable bonds is 4. The number of hydrogen-bond acceptors (Lipinski definition) is 4. The summed E-state index contributed by atoms with van der Waals surface area (Å²) in [6, 6.07) is -1.11. The highest BCUT2D eigenvalue weighted by Gasteiger charge is 2.42. The molecule has 76 valence electrons. The van der Waals surface area contributed by atoms with Crippen LogP contribution in [0, 0.1) is 0 Å². The van der Waals surface area contributed by atoms with E-state index in [1.807, 2.05) is 0 Å². The van der Waals surface area contributed by atoms with Crippen LogP contribution < -0.4 is 0 Å². The summed E-state index contributed by atoms with van der Waals surface area (Å²) in [6.07, 6.45) is -3.32. The van der Waals surface area contributed by atoms with Crippen molar-refractivity contribution < 1.29 is 19.0 Å². The summed E-state index contributed by atoms with van der Waals surface area (Å²) in [4.78, 5) is 2.43. The van der Waals surface area contributed by atoms with Crippen molar-refractivity contribution in [3.63, 3.8) is 0 Å². The van der Waals surface area contributed by atoms with E-state index in [1.54, 1.807) is 0 Å². The Labute approximate surface area is 81.0 Å². The van der Waals surface area contributed by atoms with Crippen LogP contribution in [0.2, 0.25) is 0 Å². The molecule has 0 saturated carbocycles. The van der Waals surface area contributed by atoms with Crippen molar-refractivity contribution in [1.29, 1.82) is 0 Å². The maximum Gasteiger partial charge on any atom is 0.146 e. The summed E-state index contributed by atoms with van der Waals surface area (Å²) in [7, 11) is 5.25. The monoisotopic (exact) mass is 201 g/mol. The van der Waals surface area contributed by atoms with Crippen LogP contribution in [0.1, 0.15) is 0 Å². The fourth-order valence-corrected chi connectivity index (χ4v) is 1.24. The van der Waals surface area contributed by atoms with Crippen LogP contribution in [0.5, 0.6) is 0 Å². The van der Waals surface area contributed by atoms with Crippen LogP contribution in [0.4, 0.5) is 4.39 Å². The second kappa shape index (κ2) is 5.16. The normalized spacial score (nSPS) is 36.7. The molecule has 8 heteroatoms. The third-order valence-electron chi connectivity index (χ3n) is 1.89. The molecule has 1 saturated heterocycles. The number of azide groups is 1. The van der Waals surface area contributed by atoms with Crippen LogP contribution in [-0.2, 0) is 9.47 Å². The molecular weight excluding hydrogens is 192 g/mol. The number of hydrogen-bond donors (Lipinski definition) is 1. The fourth-order valence-electron chi connectivity index (χ4n) is 1.24. The molecule has 6 nitrogen and oxygen atoms in total. The van der Waals surface area contributed by atoms with Gasteiger partial charge in [-0.25, -0.2) is 4.39 Å². The topological polar surface area (TPSA) is 87.5 Å². The Morgan fingerprint density at radius 1 is 1.71 bits per heavy atom. The first-order valence-electron chi connectivity index (χ1n) is 3.99. The molecular formula is C6H9BFN3O3. The van der Waals surface area contributed by atoms with Gasteiger partial charge in [0.1, 0.15) is 33.0 Å². The Balaban J connectivity index is 2.50. The average Bonchev–Trinajstić information content (AvgIpc) is 2.45. The van der Waals surface area contributed by atoms with Crippen LogP contribution in [0.15, 0.2) is 5.11 Å². The number of ether oxygens (including phenoxy) is 2. The summed E-state index contributed by atoms with van der Waals surface area (Å²) in [5.74, 6) is 0. The Morgan fingerprint density at radius 2 is 2.43 bits per heavy atom. The highest BCUT2D eigenvalue weighted by atomic mass is 19.1. The van der Waals surface area contributed by atoms with Crippen molar-refractivity contribution >= 4 is 7.85 Å². The molecule has 4 atom stereocenters. The molecule has 1 rings (SSSR count). The standard InChI is InChI=1S/C6H9BFN3O3/c7-6-4(8)5(3(1-12)14-6)13-2-10-11-9/h3-6,12H,1-2H2/t3-,4?,5?,6-/m1/s1. The van der Waals surface area contributed by atoms with Crippen LogP contribution >= 0.6 is 0 Å². The van der Waals surface area contributed by atoms with E-state index in [1.165, 1.54) is 0 Å². The molecule has 0 amide bonds. The molecule has 2 unspecified atom stereocenters. The highest BCUT2D eigenvalue weighted by Crippen LogP contribution is 2.24. The van der Waals surface area contributed by atoms with Crippen molar-refractivity contribution in [3.8, 4) is 0 Å². The minimum Gasteiger partial charge on any atom is -0.394 e. The van der Waals surface area contributed by atoms with Gasteiger partial charge in [-0.3, -0.25) is 0 Å². The summed E-state index contributed by atoms with van der Waals surface area (Å²) in [5, 5.41) is 11.9. The number of aliphatic hydroxyl groups is 1. The van der Waals surface area contributed by atoms with Crippen LogP contribution in [0.3, 0.4) is 0 Å². The van der Waals surface area contributed by atoms with Gasteiger partial charge in [0.15, 0.2) is 0 Å². The van der Waals surface area contributed by atoms with E-state index in [2.05, 4.69) is 10.0 Å². The molecule has 0 aliphatic carbocycles. The van der Waals surface area contributed by atoms with Crippen LogP contribution in [0.25, 0.3) is 10.4 Å². The van der Waals surface area contributed by atoms with E-state index < -0.39 is 31.0 Å². The largest absolute Gasteiger partial charge is 0.394 e. The van der Waals surface area contributed by atoms with Crippen molar-refractivity contribution in [2.24, 2.45) is 5.11 Å². The molecule has 1 heterocycles. The zero-order chi connectivity index (χ0) is 10.6. The van der Waals surface area contributed by atoms with Crippen molar-refractivity contribution in [1.82, 2.24) is 0 Å². The molecule has 0 aromatic heterocycles. The van der Waals surface area contributed by atoms with Gasteiger partial charge in [-0.1, -0.05) is 5.11 Å². The lowest BCUT2D eigenvalue weighted by atomic mass is 9.94. The maximum atomic E-state index is 13.2. The summed E-state index contributed by atoms with van der Waals surface area (Å²) >= 11 is 0. The fraction of sp³-hybridized carbons (Fsp3) is 1.00. The van der Waals surface area contributed by atoms with Gasteiger partial charge in [-0.2, -0.15) is 0 Å². The number of aliphatic hydroxyl groups excluding tert-OH is 1. The molecule has 0 bridgehead atoms.